The molecule has 25 heavy (non-hydrogen) atoms. The number of carbonyl (C=O) groups is 1. The van der Waals surface area contributed by atoms with Crippen molar-refractivity contribution in [3.63, 3.8) is 0 Å². The Morgan fingerprint density at radius 1 is 1.12 bits per heavy atom. The smallest absolute Gasteiger partial charge is 0.224 e. The summed E-state index contributed by atoms with van der Waals surface area (Å²) < 4.78 is 0. The van der Waals surface area contributed by atoms with Gasteiger partial charge in [0.25, 0.3) is 0 Å². The number of piperidine rings is 1. The largest absolute Gasteiger partial charge is 0.343 e. The van der Waals surface area contributed by atoms with Crippen molar-refractivity contribution >= 4 is 28.1 Å². The van der Waals surface area contributed by atoms with Gasteiger partial charge in [0, 0.05) is 16.2 Å². The highest BCUT2D eigenvalue weighted by Gasteiger charge is 2.26. The molecule has 5 heteroatoms. The number of pyridine rings is 1. The molecule has 1 atom stereocenters. The monoisotopic (exact) mass is 351 g/mol. The Kier molecular flexibility index (Phi) is 4.76. The number of nitrogens with one attached hydrogen (secondary N) is 2. The number of fused-ring (bicyclic) bond motifs is 1. The van der Waals surface area contributed by atoms with Gasteiger partial charge < -0.3 is 10.6 Å². The fourth-order valence-corrected chi connectivity index (χ4v) is 4.12. The molecule has 3 aromatic rings. The SMILES string of the molecule is O=C(NC(c1ccc2ccccc2n1)c1cccs1)C1CCNCC1. The maximum Gasteiger partial charge on any atom is 0.224 e. The van der Waals surface area contributed by atoms with Crippen LogP contribution in [0.1, 0.15) is 29.5 Å². The van der Waals surface area contributed by atoms with Crippen molar-refractivity contribution in [3.05, 3.63) is 64.5 Å². The molecule has 2 N–H and O–H groups in total. The number of carbonyl (C=O) groups excluding carboxylic acids is 1. The number of amides is 1. The van der Waals surface area contributed by atoms with Crippen molar-refractivity contribution < 1.29 is 4.79 Å². The molecular weight excluding hydrogens is 330 g/mol. The first-order valence-corrected chi connectivity index (χ1v) is 9.59. The second-order valence-electron chi connectivity index (χ2n) is 6.41. The van der Waals surface area contributed by atoms with E-state index in [9.17, 15) is 4.79 Å². The Bertz CT molecular complexity index is 856. The summed E-state index contributed by atoms with van der Waals surface area (Å²) in [6, 6.07) is 16.1. The topological polar surface area (TPSA) is 54.0 Å². The summed E-state index contributed by atoms with van der Waals surface area (Å²) in [6.07, 6.45) is 1.79. The number of aromatic nitrogens is 1. The number of rotatable bonds is 4. The first kappa shape index (κ1) is 16.2. The summed E-state index contributed by atoms with van der Waals surface area (Å²) in [7, 11) is 0. The molecule has 4 nitrogen and oxygen atoms in total. The molecule has 4 rings (SSSR count). The summed E-state index contributed by atoms with van der Waals surface area (Å²) in [6.45, 7) is 1.83. The highest BCUT2D eigenvalue weighted by molar-refractivity contribution is 7.10. The molecule has 0 aliphatic carbocycles. The highest BCUT2D eigenvalue weighted by atomic mass is 32.1. The normalized spacial score (nSPS) is 16.6. The molecule has 1 aliphatic heterocycles. The van der Waals surface area contributed by atoms with E-state index in [2.05, 4.69) is 28.8 Å². The third-order valence-electron chi connectivity index (χ3n) is 4.74. The first-order valence-electron chi connectivity index (χ1n) is 8.71. The molecule has 0 bridgehead atoms. The molecule has 128 valence electrons. The predicted molar refractivity (Wildman–Crippen MR) is 102 cm³/mol. The third-order valence-corrected chi connectivity index (χ3v) is 5.68. The second kappa shape index (κ2) is 7.33. The van der Waals surface area contributed by atoms with E-state index in [1.54, 1.807) is 11.3 Å². The van der Waals surface area contributed by atoms with Crippen molar-refractivity contribution in [2.24, 2.45) is 5.92 Å². The molecule has 1 fully saturated rings. The Labute approximate surface area is 151 Å². The van der Waals surface area contributed by atoms with Gasteiger partial charge in [-0.2, -0.15) is 0 Å². The van der Waals surface area contributed by atoms with Crippen molar-refractivity contribution in [2.45, 2.75) is 18.9 Å². The van der Waals surface area contributed by atoms with Crippen molar-refractivity contribution in [2.75, 3.05) is 13.1 Å². The standard InChI is InChI=1S/C20H21N3OS/c24-20(15-9-11-21-12-10-15)23-19(18-6-3-13-25-18)17-8-7-14-4-1-2-5-16(14)22-17/h1-8,13,15,19,21H,9-12H2,(H,23,24). The Morgan fingerprint density at radius 3 is 2.76 bits per heavy atom. The zero-order valence-electron chi connectivity index (χ0n) is 13.9. The van der Waals surface area contributed by atoms with E-state index < -0.39 is 0 Å². The van der Waals surface area contributed by atoms with Crippen molar-refractivity contribution in [3.8, 4) is 0 Å². The Morgan fingerprint density at radius 2 is 1.96 bits per heavy atom. The lowest BCUT2D eigenvalue weighted by Crippen LogP contribution is -2.40. The van der Waals surface area contributed by atoms with Crippen LogP contribution in [0.5, 0.6) is 0 Å². The van der Waals surface area contributed by atoms with Gasteiger partial charge in [-0.15, -0.1) is 11.3 Å². The van der Waals surface area contributed by atoms with Crippen LogP contribution in [0.25, 0.3) is 10.9 Å². The zero-order chi connectivity index (χ0) is 17.1. The molecule has 0 radical (unpaired) electrons. The van der Waals surface area contributed by atoms with Gasteiger partial charge in [0.2, 0.25) is 5.91 Å². The van der Waals surface area contributed by atoms with Crippen LogP contribution < -0.4 is 10.6 Å². The van der Waals surface area contributed by atoms with Crippen LogP contribution in [0, 0.1) is 5.92 Å². The van der Waals surface area contributed by atoms with E-state index in [-0.39, 0.29) is 17.9 Å². The van der Waals surface area contributed by atoms with Gasteiger partial charge in [0.1, 0.15) is 6.04 Å². The molecule has 3 heterocycles. The van der Waals surface area contributed by atoms with Gasteiger partial charge in [-0.05, 0) is 49.5 Å². The predicted octanol–water partition coefficient (Wildman–Crippen LogP) is 3.50. The van der Waals surface area contributed by atoms with Crippen LogP contribution in [-0.2, 0) is 4.79 Å². The fraction of sp³-hybridized carbons (Fsp3) is 0.300. The second-order valence-corrected chi connectivity index (χ2v) is 7.39. The lowest BCUT2D eigenvalue weighted by atomic mass is 9.96. The Hall–Kier alpha value is -2.24. The number of nitrogens with zero attached hydrogens (tertiary/aromatic N) is 1. The van der Waals surface area contributed by atoms with Crippen molar-refractivity contribution in [1.82, 2.24) is 15.6 Å². The van der Waals surface area contributed by atoms with Gasteiger partial charge in [-0.25, -0.2) is 0 Å². The summed E-state index contributed by atoms with van der Waals surface area (Å²) in [5.41, 5.74) is 1.85. The summed E-state index contributed by atoms with van der Waals surface area (Å²) in [5.74, 6) is 0.221. The number of thiophene rings is 1. The number of benzene rings is 1. The lowest BCUT2D eigenvalue weighted by Gasteiger charge is -2.25. The molecule has 1 aromatic carbocycles. The van der Waals surface area contributed by atoms with Crippen LogP contribution >= 0.6 is 11.3 Å². The third kappa shape index (κ3) is 3.57. The highest BCUT2D eigenvalue weighted by Crippen LogP contribution is 2.27. The van der Waals surface area contributed by atoms with E-state index in [1.165, 1.54) is 0 Å². The van der Waals surface area contributed by atoms with Crippen LogP contribution in [0.4, 0.5) is 0 Å². The first-order chi connectivity index (χ1) is 12.3. The molecule has 1 amide bonds. The average molecular weight is 351 g/mol. The van der Waals surface area contributed by atoms with E-state index in [4.69, 9.17) is 4.98 Å². The summed E-state index contributed by atoms with van der Waals surface area (Å²) in [4.78, 5) is 18.7. The summed E-state index contributed by atoms with van der Waals surface area (Å²) in [5, 5.41) is 9.72. The van der Waals surface area contributed by atoms with E-state index in [0.717, 1.165) is 47.4 Å². The molecule has 0 spiro atoms. The van der Waals surface area contributed by atoms with Crippen LogP contribution in [0.2, 0.25) is 0 Å². The van der Waals surface area contributed by atoms with E-state index >= 15 is 0 Å². The van der Waals surface area contributed by atoms with Gasteiger partial charge in [-0.3, -0.25) is 9.78 Å². The quantitative estimate of drug-likeness (QED) is 0.756. The maximum atomic E-state index is 12.8. The van der Waals surface area contributed by atoms with E-state index in [0.29, 0.717) is 0 Å². The van der Waals surface area contributed by atoms with Crippen LogP contribution in [0.15, 0.2) is 53.9 Å². The maximum absolute atomic E-state index is 12.8. The van der Waals surface area contributed by atoms with E-state index in [1.807, 2.05) is 35.7 Å². The van der Waals surface area contributed by atoms with Gasteiger partial charge in [-0.1, -0.05) is 30.3 Å². The molecule has 1 saturated heterocycles. The average Bonchev–Trinajstić information content (AvgIpc) is 3.20. The number of para-hydroxylation sites is 1. The minimum absolute atomic E-state index is 0.0872. The van der Waals surface area contributed by atoms with Gasteiger partial charge >= 0.3 is 0 Å². The molecule has 1 unspecified atom stereocenters. The van der Waals surface area contributed by atoms with Crippen molar-refractivity contribution in [1.29, 1.82) is 0 Å². The Balaban J connectivity index is 1.64. The molecule has 1 aliphatic rings. The minimum Gasteiger partial charge on any atom is -0.343 e. The molecular formula is C20H21N3OS. The lowest BCUT2D eigenvalue weighted by molar-refractivity contribution is -0.126. The van der Waals surface area contributed by atoms with Crippen LogP contribution in [-0.4, -0.2) is 24.0 Å². The summed E-state index contributed by atoms with van der Waals surface area (Å²) >= 11 is 1.65. The molecule has 0 saturated carbocycles. The van der Waals surface area contributed by atoms with Crippen LogP contribution in [0.3, 0.4) is 0 Å². The van der Waals surface area contributed by atoms with Gasteiger partial charge in [0.05, 0.1) is 11.2 Å². The van der Waals surface area contributed by atoms with Gasteiger partial charge in [0.15, 0.2) is 0 Å². The zero-order valence-corrected chi connectivity index (χ0v) is 14.8. The number of hydrogen-bond donors (Lipinski definition) is 2. The number of hydrogen-bond acceptors (Lipinski definition) is 4. The minimum atomic E-state index is -0.188. The fourth-order valence-electron chi connectivity index (χ4n) is 3.33. The molecule has 2 aromatic heterocycles.